The van der Waals surface area contributed by atoms with Gasteiger partial charge in [0.15, 0.2) is 0 Å². The van der Waals surface area contributed by atoms with Crippen LogP contribution in [0.5, 0.6) is 0 Å². The summed E-state index contributed by atoms with van der Waals surface area (Å²) in [6.45, 7) is 0. The maximum absolute atomic E-state index is 10.9. The molecule has 0 saturated heterocycles. The SMILES string of the molecule is O=C(O)/C=C/c1ccc(/C(=C(\c2ccccc2)C2CC2)c2cccc3[nH]ncc23)cc1. The van der Waals surface area contributed by atoms with E-state index >= 15 is 0 Å². The molecule has 2 N–H and O–H groups in total. The maximum Gasteiger partial charge on any atom is 0.328 e. The maximum atomic E-state index is 10.9. The average molecular weight is 406 g/mol. The fourth-order valence-corrected chi connectivity index (χ4v) is 4.14. The highest BCUT2D eigenvalue weighted by Gasteiger charge is 2.31. The zero-order valence-electron chi connectivity index (χ0n) is 17.0. The first kappa shape index (κ1) is 19.1. The Balaban J connectivity index is 1.74. The van der Waals surface area contributed by atoms with E-state index in [2.05, 4.69) is 58.7 Å². The van der Waals surface area contributed by atoms with Crippen molar-refractivity contribution in [2.45, 2.75) is 12.8 Å². The Morgan fingerprint density at radius 1 is 0.935 bits per heavy atom. The summed E-state index contributed by atoms with van der Waals surface area (Å²) in [7, 11) is 0. The molecule has 1 aliphatic rings. The number of aromatic nitrogens is 2. The number of carboxylic acid groups (broad SMARTS) is 1. The molecule has 0 radical (unpaired) electrons. The minimum atomic E-state index is -0.948. The van der Waals surface area contributed by atoms with Crippen LogP contribution >= 0.6 is 0 Å². The molecule has 1 aliphatic carbocycles. The molecule has 4 aromatic rings. The van der Waals surface area contributed by atoms with Crippen LogP contribution in [0.4, 0.5) is 0 Å². The van der Waals surface area contributed by atoms with Crippen molar-refractivity contribution in [1.82, 2.24) is 10.2 Å². The van der Waals surface area contributed by atoms with E-state index < -0.39 is 5.97 Å². The number of hydrogen-bond donors (Lipinski definition) is 2. The van der Waals surface area contributed by atoms with Crippen LogP contribution in [0.25, 0.3) is 28.1 Å². The number of carboxylic acids is 1. The number of rotatable bonds is 6. The van der Waals surface area contributed by atoms with Gasteiger partial charge in [-0.05, 0) is 64.3 Å². The summed E-state index contributed by atoms with van der Waals surface area (Å²) in [6.07, 6.45) is 7.05. The van der Waals surface area contributed by atoms with E-state index in [-0.39, 0.29) is 0 Å². The van der Waals surface area contributed by atoms with E-state index in [1.165, 1.54) is 29.6 Å². The third-order valence-corrected chi connectivity index (χ3v) is 5.71. The lowest BCUT2D eigenvalue weighted by Crippen LogP contribution is -1.98. The first-order valence-electron chi connectivity index (χ1n) is 10.4. The number of nitrogens with zero attached hydrogens (tertiary/aromatic N) is 1. The molecular formula is C27H22N2O2. The monoisotopic (exact) mass is 406 g/mol. The largest absolute Gasteiger partial charge is 0.478 e. The Morgan fingerprint density at radius 2 is 1.71 bits per heavy atom. The minimum absolute atomic E-state index is 0.533. The zero-order valence-corrected chi connectivity index (χ0v) is 17.0. The Labute approximate surface area is 180 Å². The van der Waals surface area contributed by atoms with Crippen LogP contribution in [0.3, 0.4) is 0 Å². The predicted octanol–water partition coefficient (Wildman–Crippen LogP) is 6.03. The highest BCUT2D eigenvalue weighted by atomic mass is 16.4. The molecule has 1 fully saturated rings. The van der Waals surface area contributed by atoms with Gasteiger partial charge < -0.3 is 5.11 Å². The summed E-state index contributed by atoms with van der Waals surface area (Å²) in [6, 6.07) is 25.0. The Hall–Kier alpha value is -3.92. The summed E-state index contributed by atoms with van der Waals surface area (Å²) in [5.74, 6) is -0.414. The van der Waals surface area contributed by atoms with Gasteiger partial charge in [0.25, 0.3) is 0 Å². The molecular weight excluding hydrogens is 384 g/mol. The van der Waals surface area contributed by atoms with Gasteiger partial charge in [0.2, 0.25) is 0 Å². The highest BCUT2D eigenvalue weighted by Crippen LogP contribution is 2.48. The van der Waals surface area contributed by atoms with Gasteiger partial charge in [0, 0.05) is 11.5 Å². The summed E-state index contributed by atoms with van der Waals surface area (Å²) in [4.78, 5) is 10.9. The molecule has 152 valence electrons. The Bertz CT molecular complexity index is 1290. The molecule has 0 aliphatic heterocycles. The summed E-state index contributed by atoms with van der Waals surface area (Å²) in [5.41, 5.74) is 7.98. The summed E-state index contributed by atoms with van der Waals surface area (Å²) in [5, 5.41) is 17.4. The van der Waals surface area contributed by atoms with Gasteiger partial charge in [-0.3, -0.25) is 5.10 Å². The van der Waals surface area contributed by atoms with Crippen LogP contribution in [0.2, 0.25) is 0 Å². The number of hydrogen-bond acceptors (Lipinski definition) is 2. The van der Waals surface area contributed by atoms with Crippen molar-refractivity contribution in [1.29, 1.82) is 0 Å². The molecule has 1 saturated carbocycles. The first-order chi connectivity index (χ1) is 15.2. The van der Waals surface area contributed by atoms with Crippen LogP contribution in [0.15, 0.2) is 85.1 Å². The topological polar surface area (TPSA) is 66.0 Å². The number of fused-ring (bicyclic) bond motifs is 1. The average Bonchev–Trinajstić information content (AvgIpc) is 3.51. The number of aromatic amines is 1. The number of benzene rings is 3. The molecule has 0 unspecified atom stereocenters. The summed E-state index contributed by atoms with van der Waals surface area (Å²) < 4.78 is 0. The number of H-pyrrole nitrogens is 1. The van der Waals surface area contributed by atoms with E-state index in [9.17, 15) is 4.79 Å². The molecule has 1 aromatic heterocycles. The molecule has 5 rings (SSSR count). The van der Waals surface area contributed by atoms with Gasteiger partial charge in [-0.25, -0.2) is 4.79 Å². The van der Waals surface area contributed by atoms with Crippen LogP contribution in [0, 0.1) is 5.92 Å². The van der Waals surface area contributed by atoms with Gasteiger partial charge in [-0.1, -0.05) is 66.7 Å². The molecule has 4 nitrogen and oxygen atoms in total. The Morgan fingerprint density at radius 3 is 2.42 bits per heavy atom. The molecule has 31 heavy (non-hydrogen) atoms. The lowest BCUT2D eigenvalue weighted by molar-refractivity contribution is -0.131. The first-order valence-corrected chi connectivity index (χ1v) is 10.4. The minimum Gasteiger partial charge on any atom is -0.478 e. The van der Waals surface area contributed by atoms with Gasteiger partial charge >= 0.3 is 5.97 Å². The van der Waals surface area contributed by atoms with Crippen LogP contribution < -0.4 is 0 Å². The third kappa shape index (κ3) is 3.92. The van der Waals surface area contributed by atoms with Gasteiger partial charge in [0.1, 0.15) is 0 Å². The smallest absolute Gasteiger partial charge is 0.328 e. The number of allylic oxidation sites excluding steroid dienone is 1. The van der Waals surface area contributed by atoms with Crippen molar-refractivity contribution in [3.05, 3.63) is 107 Å². The van der Waals surface area contributed by atoms with Crippen LogP contribution in [0.1, 0.15) is 35.1 Å². The number of aliphatic carboxylic acids is 1. The van der Waals surface area contributed by atoms with Gasteiger partial charge in [-0.2, -0.15) is 5.10 Å². The summed E-state index contributed by atoms with van der Waals surface area (Å²) >= 11 is 0. The van der Waals surface area contributed by atoms with E-state index in [1.807, 2.05) is 30.5 Å². The van der Waals surface area contributed by atoms with Crippen molar-refractivity contribution in [2.75, 3.05) is 0 Å². The second-order valence-electron chi connectivity index (χ2n) is 7.86. The van der Waals surface area contributed by atoms with Crippen molar-refractivity contribution in [2.24, 2.45) is 5.92 Å². The van der Waals surface area contributed by atoms with Crippen molar-refractivity contribution < 1.29 is 9.90 Å². The molecule has 4 heteroatoms. The molecule has 0 atom stereocenters. The van der Waals surface area contributed by atoms with Crippen LogP contribution in [-0.4, -0.2) is 21.3 Å². The normalized spacial score (nSPS) is 14.7. The standard InChI is InChI=1S/C27H22N2O2/c30-25(31)16-11-18-9-12-21(13-10-18)27(22-7-4-8-24-23(22)17-28-29-24)26(20-14-15-20)19-5-2-1-3-6-19/h1-13,16-17,20H,14-15H2,(H,28,29)(H,30,31)/b16-11+,27-26-. The van der Waals surface area contributed by atoms with Crippen LogP contribution in [-0.2, 0) is 4.79 Å². The highest BCUT2D eigenvalue weighted by molar-refractivity contribution is 6.06. The van der Waals surface area contributed by atoms with Crippen molar-refractivity contribution in [3.8, 4) is 0 Å². The fourth-order valence-electron chi connectivity index (χ4n) is 4.14. The molecule has 3 aromatic carbocycles. The quantitative estimate of drug-likeness (QED) is 0.303. The lowest BCUT2D eigenvalue weighted by Gasteiger charge is -2.18. The molecule has 0 amide bonds. The number of carbonyl (C=O) groups is 1. The van der Waals surface area contributed by atoms with Gasteiger partial charge in [0.05, 0.1) is 11.7 Å². The zero-order chi connectivity index (χ0) is 21.2. The van der Waals surface area contributed by atoms with E-state index in [4.69, 9.17) is 5.11 Å². The third-order valence-electron chi connectivity index (χ3n) is 5.71. The fraction of sp³-hybridized carbons (Fsp3) is 0.111. The van der Waals surface area contributed by atoms with E-state index in [1.54, 1.807) is 6.08 Å². The molecule has 1 heterocycles. The lowest BCUT2D eigenvalue weighted by atomic mass is 9.85. The second kappa shape index (κ2) is 8.07. The predicted molar refractivity (Wildman–Crippen MR) is 124 cm³/mol. The van der Waals surface area contributed by atoms with E-state index in [0.717, 1.165) is 33.7 Å². The van der Waals surface area contributed by atoms with E-state index in [0.29, 0.717) is 5.92 Å². The second-order valence-corrected chi connectivity index (χ2v) is 7.86. The molecule has 0 spiro atoms. The number of nitrogens with one attached hydrogen (secondary N) is 1. The van der Waals surface area contributed by atoms with Gasteiger partial charge in [-0.15, -0.1) is 0 Å². The van der Waals surface area contributed by atoms with Crippen molar-refractivity contribution in [3.63, 3.8) is 0 Å². The Kier molecular flexibility index (Phi) is 4.97. The van der Waals surface area contributed by atoms with Crippen molar-refractivity contribution >= 4 is 34.1 Å². The molecule has 0 bridgehead atoms.